The lowest BCUT2D eigenvalue weighted by molar-refractivity contribution is -0.121. The largest absolute Gasteiger partial charge is 0.495 e. The second-order valence-corrected chi connectivity index (χ2v) is 9.07. The fraction of sp³-hybridized carbons (Fsp3) is 0.462. The summed E-state index contributed by atoms with van der Waals surface area (Å²) in [4.78, 5) is 29.6. The second kappa shape index (κ2) is 8.58. The van der Waals surface area contributed by atoms with Crippen LogP contribution in [0.3, 0.4) is 0 Å². The molecule has 2 atom stereocenters. The van der Waals surface area contributed by atoms with Gasteiger partial charge in [0, 0.05) is 18.7 Å². The normalized spacial score (nSPS) is 23.9. The maximum atomic E-state index is 13.9. The minimum absolute atomic E-state index is 0.0272. The van der Waals surface area contributed by atoms with Crippen molar-refractivity contribution in [2.24, 2.45) is 0 Å². The van der Waals surface area contributed by atoms with Crippen molar-refractivity contribution >= 4 is 17.5 Å². The molecule has 0 bridgehead atoms. The number of hydrogen-bond acceptors (Lipinski definition) is 4. The van der Waals surface area contributed by atoms with Crippen LogP contribution in [0.1, 0.15) is 60.4 Å². The highest BCUT2D eigenvalue weighted by Crippen LogP contribution is 2.51. The first-order valence-electron chi connectivity index (χ1n) is 11.6. The summed E-state index contributed by atoms with van der Waals surface area (Å²) < 4.78 is 11.4. The molecule has 0 radical (unpaired) electrons. The predicted octanol–water partition coefficient (Wildman–Crippen LogP) is 4.37. The van der Waals surface area contributed by atoms with Crippen LogP contribution in [0.15, 0.2) is 48.5 Å². The molecule has 168 valence electrons. The van der Waals surface area contributed by atoms with Crippen molar-refractivity contribution in [3.63, 3.8) is 0 Å². The van der Waals surface area contributed by atoms with Crippen LogP contribution in [-0.4, -0.2) is 48.6 Å². The Morgan fingerprint density at radius 2 is 1.88 bits per heavy atom. The minimum Gasteiger partial charge on any atom is -0.495 e. The average Bonchev–Trinajstić information content (AvgIpc) is 3.50. The number of carbonyl (C=O) groups is 2. The zero-order valence-corrected chi connectivity index (χ0v) is 18.5. The van der Waals surface area contributed by atoms with Gasteiger partial charge >= 0.3 is 0 Å². The molecule has 6 nitrogen and oxygen atoms in total. The number of amides is 2. The molecule has 1 N–H and O–H groups in total. The summed E-state index contributed by atoms with van der Waals surface area (Å²) in [6.45, 7) is 1.29. The minimum atomic E-state index is -0.524. The number of fused-ring (bicyclic) bond motifs is 1. The first-order valence-corrected chi connectivity index (χ1v) is 11.6. The molecule has 2 aromatic rings. The number of rotatable bonds is 5. The lowest BCUT2D eigenvalue weighted by atomic mass is 9.71. The number of carbonyl (C=O) groups excluding carboxylic acids is 2. The third-order valence-electron chi connectivity index (χ3n) is 7.33. The zero-order valence-electron chi connectivity index (χ0n) is 18.5. The Kier molecular flexibility index (Phi) is 5.64. The van der Waals surface area contributed by atoms with Crippen LogP contribution in [-0.2, 0) is 9.53 Å². The molecule has 2 aromatic carbocycles. The average molecular weight is 435 g/mol. The molecular formula is C26H30N2O4. The van der Waals surface area contributed by atoms with Gasteiger partial charge in [0.1, 0.15) is 5.75 Å². The molecule has 1 spiro atoms. The van der Waals surface area contributed by atoms with Crippen molar-refractivity contribution in [3.05, 3.63) is 59.7 Å². The summed E-state index contributed by atoms with van der Waals surface area (Å²) in [5.74, 6) is 0.121. The van der Waals surface area contributed by atoms with E-state index in [1.54, 1.807) is 7.11 Å². The fourth-order valence-electron chi connectivity index (χ4n) is 5.88. The number of ether oxygens (including phenoxy) is 2. The molecule has 2 heterocycles. The molecule has 2 amide bonds. The van der Waals surface area contributed by atoms with Gasteiger partial charge in [0.05, 0.1) is 30.4 Å². The number of nitrogens with zero attached hydrogens (tertiary/aromatic N) is 1. The van der Waals surface area contributed by atoms with Gasteiger partial charge < -0.3 is 19.7 Å². The SMILES string of the molecule is COc1ccccc1NC(=O)[C@@H]1c2ccccc2C(=O)N(C[C@H]2CCCO2)C12CCCC2. The van der Waals surface area contributed by atoms with Crippen LogP contribution < -0.4 is 10.1 Å². The van der Waals surface area contributed by atoms with Crippen LogP contribution >= 0.6 is 0 Å². The Balaban J connectivity index is 1.57. The van der Waals surface area contributed by atoms with E-state index in [9.17, 15) is 9.59 Å². The molecule has 1 aliphatic carbocycles. The van der Waals surface area contributed by atoms with Gasteiger partial charge in [-0.2, -0.15) is 0 Å². The quantitative estimate of drug-likeness (QED) is 0.759. The van der Waals surface area contributed by atoms with E-state index in [1.807, 2.05) is 53.4 Å². The molecule has 32 heavy (non-hydrogen) atoms. The molecule has 1 saturated heterocycles. The Labute approximate surface area is 188 Å². The first-order chi connectivity index (χ1) is 15.6. The van der Waals surface area contributed by atoms with Gasteiger partial charge in [-0.15, -0.1) is 0 Å². The Hall–Kier alpha value is -2.86. The monoisotopic (exact) mass is 434 g/mol. The van der Waals surface area contributed by atoms with Gasteiger partial charge in [-0.05, 0) is 49.4 Å². The summed E-state index contributed by atoms with van der Waals surface area (Å²) in [5.41, 5.74) is 1.58. The van der Waals surface area contributed by atoms with Crippen molar-refractivity contribution < 1.29 is 19.1 Å². The molecule has 5 rings (SSSR count). The summed E-state index contributed by atoms with van der Waals surface area (Å²) in [7, 11) is 1.60. The van der Waals surface area contributed by atoms with E-state index >= 15 is 0 Å². The molecule has 3 aliphatic rings. The highest BCUT2D eigenvalue weighted by Gasteiger charge is 2.56. The fourth-order valence-corrected chi connectivity index (χ4v) is 5.88. The van der Waals surface area contributed by atoms with Crippen molar-refractivity contribution in [2.75, 3.05) is 25.6 Å². The number of nitrogens with one attached hydrogen (secondary N) is 1. The predicted molar refractivity (Wildman–Crippen MR) is 122 cm³/mol. The van der Waals surface area contributed by atoms with Crippen molar-refractivity contribution in [1.82, 2.24) is 4.90 Å². The van der Waals surface area contributed by atoms with E-state index in [2.05, 4.69) is 5.32 Å². The maximum absolute atomic E-state index is 13.9. The van der Waals surface area contributed by atoms with Gasteiger partial charge in [0.15, 0.2) is 0 Å². The lowest BCUT2D eigenvalue weighted by Gasteiger charge is -2.50. The van der Waals surface area contributed by atoms with E-state index in [0.29, 0.717) is 23.5 Å². The number of benzene rings is 2. The third-order valence-corrected chi connectivity index (χ3v) is 7.33. The molecular weight excluding hydrogens is 404 g/mol. The molecule has 0 aromatic heterocycles. The Bertz CT molecular complexity index is 1010. The van der Waals surface area contributed by atoms with Crippen LogP contribution in [0.4, 0.5) is 5.69 Å². The Morgan fingerprint density at radius 1 is 1.12 bits per heavy atom. The van der Waals surface area contributed by atoms with Crippen LogP contribution in [0.25, 0.3) is 0 Å². The van der Waals surface area contributed by atoms with Gasteiger partial charge in [0.2, 0.25) is 5.91 Å². The van der Waals surface area contributed by atoms with E-state index in [-0.39, 0.29) is 17.9 Å². The summed E-state index contributed by atoms with van der Waals surface area (Å²) in [6, 6.07) is 15.0. The van der Waals surface area contributed by atoms with E-state index < -0.39 is 11.5 Å². The van der Waals surface area contributed by atoms with Crippen molar-refractivity contribution in [2.45, 2.75) is 56.1 Å². The Morgan fingerprint density at radius 3 is 2.62 bits per heavy atom. The standard InChI is InChI=1S/C26H30N2O4/c1-31-22-13-5-4-12-21(22)27-24(29)23-19-10-2-3-11-20(19)25(30)28(17-18-9-8-16-32-18)26(23)14-6-7-15-26/h2-5,10-13,18,23H,6-9,14-17H2,1H3,(H,27,29)/t18-,23+/m1/s1. The number of para-hydroxylation sites is 2. The first kappa shape index (κ1) is 21.0. The van der Waals surface area contributed by atoms with Gasteiger partial charge in [0.25, 0.3) is 5.91 Å². The van der Waals surface area contributed by atoms with Gasteiger partial charge in [-0.25, -0.2) is 0 Å². The number of methoxy groups -OCH3 is 1. The summed E-state index contributed by atoms with van der Waals surface area (Å²) >= 11 is 0. The summed E-state index contributed by atoms with van der Waals surface area (Å²) in [6.07, 6.45) is 5.69. The van der Waals surface area contributed by atoms with Crippen LogP contribution in [0, 0.1) is 0 Å². The second-order valence-electron chi connectivity index (χ2n) is 9.07. The number of anilines is 1. The van der Waals surface area contributed by atoms with Crippen LogP contribution in [0.2, 0.25) is 0 Å². The van der Waals surface area contributed by atoms with Crippen LogP contribution in [0.5, 0.6) is 5.75 Å². The molecule has 2 aliphatic heterocycles. The maximum Gasteiger partial charge on any atom is 0.254 e. The smallest absolute Gasteiger partial charge is 0.254 e. The molecule has 1 saturated carbocycles. The lowest BCUT2D eigenvalue weighted by Crippen LogP contribution is -2.61. The summed E-state index contributed by atoms with van der Waals surface area (Å²) in [5, 5.41) is 3.12. The van der Waals surface area contributed by atoms with E-state index in [4.69, 9.17) is 9.47 Å². The molecule has 0 unspecified atom stereocenters. The van der Waals surface area contributed by atoms with Gasteiger partial charge in [-0.3, -0.25) is 9.59 Å². The van der Waals surface area contributed by atoms with Gasteiger partial charge in [-0.1, -0.05) is 43.2 Å². The highest BCUT2D eigenvalue weighted by molar-refractivity contribution is 6.05. The van der Waals surface area contributed by atoms with Crippen molar-refractivity contribution in [3.8, 4) is 5.75 Å². The topological polar surface area (TPSA) is 67.9 Å². The zero-order chi connectivity index (χ0) is 22.1. The van der Waals surface area contributed by atoms with E-state index in [1.165, 1.54) is 0 Å². The number of hydrogen-bond donors (Lipinski definition) is 1. The highest BCUT2D eigenvalue weighted by atomic mass is 16.5. The van der Waals surface area contributed by atoms with Crippen molar-refractivity contribution in [1.29, 1.82) is 0 Å². The third kappa shape index (κ3) is 3.47. The molecule has 2 fully saturated rings. The van der Waals surface area contributed by atoms with E-state index in [0.717, 1.165) is 50.7 Å². The molecule has 6 heteroatoms.